The number of nitrogens with zero attached hydrogens (tertiary/aromatic N) is 2. The van der Waals surface area contributed by atoms with Crippen LogP contribution in [0.15, 0.2) is 46.0 Å². The Kier molecular flexibility index (Phi) is 17.5. The van der Waals surface area contributed by atoms with Crippen molar-refractivity contribution in [3.05, 3.63) is 58.2 Å². The third kappa shape index (κ3) is 14.2. The maximum absolute atomic E-state index is 14.2. The molecular formula is C35H49F6N11O3. The van der Waals surface area contributed by atoms with Crippen LogP contribution >= 0.6 is 0 Å². The third-order valence-electron chi connectivity index (χ3n) is 8.49. The van der Waals surface area contributed by atoms with E-state index in [-0.39, 0.29) is 97.1 Å². The molecule has 0 spiro atoms. The number of carbonyl (C=O) groups excluding carboxylic acids is 3. The fraction of sp³-hybridized carbons (Fsp3) is 0.486. The molecule has 0 saturated carbocycles. The molecule has 3 amide bonds. The van der Waals surface area contributed by atoms with Crippen molar-refractivity contribution >= 4 is 46.4 Å². The molecule has 2 rings (SSSR count). The van der Waals surface area contributed by atoms with Crippen LogP contribution in [-0.4, -0.2) is 49.4 Å². The molecule has 0 saturated heterocycles. The molecule has 14 N–H and O–H groups in total. The van der Waals surface area contributed by atoms with Gasteiger partial charge in [-0.1, -0.05) is 13.8 Å². The zero-order valence-corrected chi connectivity index (χ0v) is 30.6. The predicted molar refractivity (Wildman–Crippen MR) is 199 cm³/mol. The van der Waals surface area contributed by atoms with E-state index in [0.29, 0.717) is 31.4 Å². The minimum absolute atomic E-state index is 0.0480. The Balaban J connectivity index is 2.58. The second-order valence-electron chi connectivity index (χ2n) is 12.7. The summed E-state index contributed by atoms with van der Waals surface area (Å²) in [6.07, 6.45) is -7.01. The number of benzene rings is 2. The molecule has 0 aliphatic carbocycles. The van der Waals surface area contributed by atoms with E-state index in [1.54, 1.807) is 13.8 Å². The molecule has 2 aromatic carbocycles. The standard InChI is InChI=1S/C35H49F6N11O3/c1-3-19(2)24(18-29(52-47)32(55)51-26-15-20(34(36,37)38)14-25(44)22(26)8-6-11-42)31(54)50-28-17-21(35(39,40)41)16-27(23(28)9-7-12-43)49-30(53)10-4-5-13-48-33(45)46/h14-19,29,47H,3-13,42-44H2,1-2H3,(H,49,53)(H,50,54)(H,51,55)(H4,45,46,48)/b24-18+,52-47?. The van der Waals surface area contributed by atoms with Gasteiger partial charge in [-0.3, -0.25) is 19.4 Å². The summed E-state index contributed by atoms with van der Waals surface area (Å²) in [6, 6.07) is 1.12. The number of nitrogens with two attached hydrogens (primary N) is 5. The third-order valence-corrected chi connectivity index (χ3v) is 8.49. The topological polar surface area (TPSA) is 266 Å². The first kappa shape index (κ1) is 45.9. The van der Waals surface area contributed by atoms with Crippen LogP contribution in [0.1, 0.15) is 74.6 Å². The van der Waals surface area contributed by atoms with Crippen LogP contribution in [0.4, 0.5) is 49.1 Å². The summed E-state index contributed by atoms with van der Waals surface area (Å²) in [5.41, 5.74) is 32.3. The van der Waals surface area contributed by atoms with Gasteiger partial charge in [-0.15, -0.1) is 0 Å². The molecule has 2 aromatic rings. The van der Waals surface area contributed by atoms with E-state index in [9.17, 15) is 40.7 Å². The van der Waals surface area contributed by atoms with Crippen LogP contribution in [0.25, 0.3) is 0 Å². The number of unbranched alkanes of at least 4 members (excludes halogenated alkanes) is 1. The molecule has 14 nitrogen and oxygen atoms in total. The van der Waals surface area contributed by atoms with Gasteiger partial charge in [0.05, 0.1) is 11.1 Å². The minimum Gasteiger partial charge on any atom is -0.398 e. The molecular weight excluding hydrogens is 736 g/mol. The van der Waals surface area contributed by atoms with Gasteiger partial charge >= 0.3 is 12.4 Å². The largest absolute Gasteiger partial charge is 0.416 e. The van der Waals surface area contributed by atoms with Crippen molar-refractivity contribution in [1.29, 1.82) is 5.53 Å². The molecule has 2 unspecified atom stereocenters. The summed E-state index contributed by atoms with van der Waals surface area (Å²) in [7, 11) is 0. The van der Waals surface area contributed by atoms with E-state index in [0.717, 1.165) is 18.2 Å². The van der Waals surface area contributed by atoms with Gasteiger partial charge in [0.2, 0.25) is 5.91 Å². The second-order valence-corrected chi connectivity index (χ2v) is 12.7. The summed E-state index contributed by atoms with van der Waals surface area (Å²) < 4.78 is 83.4. The van der Waals surface area contributed by atoms with Crippen molar-refractivity contribution in [3.63, 3.8) is 0 Å². The van der Waals surface area contributed by atoms with Gasteiger partial charge in [0.15, 0.2) is 12.0 Å². The summed E-state index contributed by atoms with van der Waals surface area (Å²) in [6.45, 7) is 3.82. The van der Waals surface area contributed by atoms with Gasteiger partial charge in [-0.05, 0) is 105 Å². The van der Waals surface area contributed by atoms with Gasteiger partial charge in [0, 0.05) is 41.3 Å². The average molecular weight is 786 g/mol. The van der Waals surface area contributed by atoms with E-state index in [1.807, 2.05) is 0 Å². The van der Waals surface area contributed by atoms with E-state index >= 15 is 0 Å². The molecule has 0 aliphatic heterocycles. The Morgan fingerprint density at radius 1 is 0.818 bits per heavy atom. The zero-order valence-electron chi connectivity index (χ0n) is 30.6. The Morgan fingerprint density at radius 2 is 1.35 bits per heavy atom. The summed E-state index contributed by atoms with van der Waals surface area (Å²) in [4.78, 5) is 44.0. The number of alkyl halides is 6. The van der Waals surface area contributed by atoms with Gasteiger partial charge in [-0.25, -0.2) is 5.53 Å². The van der Waals surface area contributed by atoms with Crippen LogP contribution in [0, 0.1) is 11.4 Å². The fourth-order valence-corrected chi connectivity index (χ4v) is 5.38. The van der Waals surface area contributed by atoms with E-state index < -0.39 is 53.2 Å². The second kappa shape index (κ2) is 21.0. The number of halogens is 6. The van der Waals surface area contributed by atoms with Crippen molar-refractivity contribution in [3.8, 4) is 0 Å². The molecule has 2 atom stereocenters. The van der Waals surface area contributed by atoms with Crippen LogP contribution in [-0.2, 0) is 39.6 Å². The first-order chi connectivity index (χ1) is 25.8. The monoisotopic (exact) mass is 785 g/mol. The highest BCUT2D eigenvalue weighted by Gasteiger charge is 2.34. The highest BCUT2D eigenvalue weighted by Crippen LogP contribution is 2.38. The fourth-order valence-electron chi connectivity index (χ4n) is 5.38. The number of amides is 3. The number of hydrogen-bond acceptors (Lipinski definition) is 9. The van der Waals surface area contributed by atoms with Crippen molar-refractivity contribution in [1.82, 2.24) is 0 Å². The molecule has 0 radical (unpaired) electrons. The lowest BCUT2D eigenvalue weighted by Gasteiger charge is -2.22. The number of guanidine groups is 1. The number of nitrogens with one attached hydrogen (secondary N) is 4. The lowest BCUT2D eigenvalue weighted by molar-refractivity contribution is -0.138. The Labute approximate surface area is 314 Å². The normalized spacial score (nSPS) is 13.1. The smallest absolute Gasteiger partial charge is 0.398 e. The van der Waals surface area contributed by atoms with Crippen molar-refractivity contribution < 1.29 is 40.7 Å². The SMILES string of the molecule is CCC(C)/C(=C\C(N=N)C(=O)Nc1cc(C(F)(F)F)cc(N)c1CCCN)C(=O)Nc1cc(C(F)(F)F)cc(NC(=O)CCCCN=C(N)N)c1CCCN. The number of aliphatic imine (C=N–C) groups is 1. The quantitative estimate of drug-likeness (QED) is 0.0159. The predicted octanol–water partition coefficient (Wildman–Crippen LogP) is 5.42. The highest BCUT2D eigenvalue weighted by molar-refractivity contribution is 6.07. The summed E-state index contributed by atoms with van der Waals surface area (Å²) in [5, 5.41) is 10.6. The van der Waals surface area contributed by atoms with Gasteiger partial charge in [-0.2, -0.15) is 31.5 Å². The molecule has 0 fully saturated rings. The number of anilines is 4. The highest BCUT2D eigenvalue weighted by atomic mass is 19.4. The van der Waals surface area contributed by atoms with E-state index in [1.165, 1.54) is 0 Å². The number of carbonyl (C=O) groups is 3. The first-order valence-electron chi connectivity index (χ1n) is 17.5. The molecule has 20 heteroatoms. The summed E-state index contributed by atoms with van der Waals surface area (Å²) >= 11 is 0. The zero-order chi connectivity index (χ0) is 41.5. The Hall–Kier alpha value is -5.24. The molecule has 0 heterocycles. The Bertz CT molecular complexity index is 1720. The van der Waals surface area contributed by atoms with Crippen molar-refractivity contribution in [2.45, 2.75) is 83.6 Å². The average Bonchev–Trinajstić information content (AvgIpc) is 3.09. The van der Waals surface area contributed by atoms with E-state index in [4.69, 9.17) is 34.2 Å². The summed E-state index contributed by atoms with van der Waals surface area (Å²) in [5.74, 6) is -3.41. The first-order valence-corrected chi connectivity index (χ1v) is 17.5. The van der Waals surface area contributed by atoms with Gasteiger partial charge in [0.25, 0.3) is 11.8 Å². The maximum Gasteiger partial charge on any atom is 0.416 e. The lowest BCUT2D eigenvalue weighted by atomic mass is 9.94. The molecule has 0 aromatic heterocycles. The maximum atomic E-state index is 14.2. The van der Waals surface area contributed by atoms with Crippen LogP contribution in [0.5, 0.6) is 0 Å². The van der Waals surface area contributed by atoms with Crippen molar-refractivity contribution in [2.24, 2.45) is 39.0 Å². The molecule has 0 aliphatic rings. The van der Waals surface area contributed by atoms with Crippen LogP contribution < -0.4 is 44.6 Å². The number of nitrogen functional groups attached to an aromatic ring is 1. The molecule has 55 heavy (non-hydrogen) atoms. The van der Waals surface area contributed by atoms with Gasteiger partial charge in [0.1, 0.15) is 0 Å². The van der Waals surface area contributed by atoms with Crippen LogP contribution in [0.2, 0.25) is 0 Å². The minimum atomic E-state index is -4.90. The lowest BCUT2D eigenvalue weighted by Crippen LogP contribution is -2.28. The Morgan fingerprint density at radius 3 is 1.85 bits per heavy atom. The van der Waals surface area contributed by atoms with E-state index in [2.05, 4.69) is 26.1 Å². The molecule has 304 valence electrons. The van der Waals surface area contributed by atoms with Crippen molar-refractivity contribution in [2.75, 3.05) is 41.3 Å². The number of rotatable bonds is 20. The van der Waals surface area contributed by atoms with Gasteiger partial charge < -0.3 is 44.6 Å². The number of hydrogen-bond donors (Lipinski definition) is 9. The van der Waals surface area contributed by atoms with Crippen LogP contribution in [0.3, 0.4) is 0 Å². The molecule has 0 bridgehead atoms.